The number of ether oxygens (including phenoxy) is 3. The Balaban J connectivity index is 1.27. The average molecular weight is 454 g/mol. The Morgan fingerprint density at radius 1 is 1.06 bits per heavy atom. The number of para-hydroxylation sites is 1. The van der Waals surface area contributed by atoms with Crippen LogP contribution in [0.15, 0.2) is 54.6 Å². The molecule has 32 heavy (non-hydrogen) atoms. The summed E-state index contributed by atoms with van der Waals surface area (Å²) in [5.74, 6) is 0.788. The molecule has 1 N–H and O–H groups in total. The molecular formula is C24H24ClN3O4. The number of anilines is 2. The van der Waals surface area contributed by atoms with Crippen LogP contribution in [0.5, 0.6) is 5.75 Å². The predicted octanol–water partition coefficient (Wildman–Crippen LogP) is 4.25. The Labute approximate surface area is 191 Å². The first-order chi connectivity index (χ1) is 15.6. The first-order valence-corrected chi connectivity index (χ1v) is 11.1. The molecule has 2 fully saturated rings. The fraction of sp³-hybridized carbons (Fsp3) is 0.333. The van der Waals surface area contributed by atoms with E-state index < -0.39 is 5.79 Å². The fourth-order valence-corrected chi connectivity index (χ4v) is 4.26. The third kappa shape index (κ3) is 4.50. The van der Waals surface area contributed by atoms with Crippen molar-refractivity contribution in [3.63, 3.8) is 0 Å². The van der Waals surface area contributed by atoms with Crippen LogP contribution in [0, 0.1) is 0 Å². The van der Waals surface area contributed by atoms with E-state index in [0.29, 0.717) is 29.7 Å². The number of nitrogens with one attached hydrogen (secondary N) is 1. The van der Waals surface area contributed by atoms with E-state index in [1.807, 2.05) is 30.3 Å². The number of carbonyl (C=O) groups is 1. The van der Waals surface area contributed by atoms with Crippen LogP contribution in [0.3, 0.4) is 0 Å². The maximum atomic E-state index is 12.3. The zero-order chi connectivity index (χ0) is 22.0. The molecule has 2 aliphatic heterocycles. The van der Waals surface area contributed by atoms with E-state index in [9.17, 15) is 4.79 Å². The SMILES string of the molecule is O=C(COc1cccc2ccc(N3CCC4(CC3)OCCO4)nc12)Nc1ccc(Cl)cc1. The van der Waals surface area contributed by atoms with E-state index in [2.05, 4.69) is 10.2 Å². The van der Waals surface area contributed by atoms with Crippen LogP contribution in [0.25, 0.3) is 10.9 Å². The Morgan fingerprint density at radius 3 is 2.56 bits per heavy atom. The number of amides is 1. The Kier molecular flexibility index (Phi) is 5.87. The Morgan fingerprint density at radius 2 is 1.81 bits per heavy atom. The Bertz CT molecular complexity index is 1110. The van der Waals surface area contributed by atoms with Crippen LogP contribution < -0.4 is 15.0 Å². The number of halogens is 1. The molecule has 3 heterocycles. The number of hydrogen-bond acceptors (Lipinski definition) is 6. The molecule has 0 unspecified atom stereocenters. The number of carbonyl (C=O) groups excluding carboxylic acids is 1. The lowest BCUT2D eigenvalue weighted by Crippen LogP contribution is -2.45. The summed E-state index contributed by atoms with van der Waals surface area (Å²) in [4.78, 5) is 19.4. The van der Waals surface area contributed by atoms with Gasteiger partial charge in [-0.05, 0) is 42.5 Å². The third-order valence-corrected chi connectivity index (χ3v) is 6.07. The lowest BCUT2D eigenvalue weighted by molar-refractivity contribution is -0.169. The highest BCUT2D eigenvalue weighted by Gasteiger charge is 2.40. The third-order valence-electron chi connectivity index (χ3n) is 5.82. The summed E-state index contributed by atoms with van der Waals surface area (Å²) in [7, 11) is 0. The fourth-order valence-electron chi connectivity index (χ4n) is 4.14. The van der Waals surface area contributed by atoms with Gasteiger partial charge in [0.2, 0.25) is 0 Å². The highest BCUT2D eigenvalue weighted by atomic mass is 35.5. The van der Waals surface area contributed by atoms with Gasteiger partial charge in [-0.3, -0.25) is 4.79 Å². The van der Waals surface area contributed by atoms with Gasteiger partial charge in [0, 0.05) is 42.0 Å². The summed E-state index contributed by atoms with van der Waals surface area (Å²) in [5.41, 5.74) is 1.40. The number of pyridine rings is 1. The molecule has 0 atom stereocenters. The molecule has 1 amide bonds. The van der Waals surface area contributed by atoms with Gasteiger partial charge in [-0.15, -0.1) is 0 Å². The quantitative estimate of drug-likeness (QED) is 0.622. The summed E-state index contributed by atoms with van der Waals surface area (Å²) in [6, 6.07) is 16.7. The molecule has 5 rings (SSSR count). The number of benzene rings is 2. The monoisotopic (exact) mass is 453 g/mol. The van der Waals surface area contributed by atoms with Gasteiger partial charge in [-0.25, -0.2) is 4.98 Å². The van der Waals surface area contributed by atoms with Crippen LogP contribution in [0.1, 0.15) is 12.8 Å². The van der Waals surface area contributed by atoms with E-state index >= 15 is 0 Å². The predicted molar refractivity (Wildman–Crippen MR) is 123 cm³/mol. The van der Waals surface area contributed by atoms with Crippen molar-refractivity contribution in [2.24, 2.45) is 0 Å². The van der Waals surface area contributed by atoms with Crippen LogP contribution >= 0.6 is 11.6 Å². The van der Waals surface area contributed by atoms with Gasteiger partial charge < -0.3 is 24.4 Å². The molecule has 0 saturated carbocycles. The molecule has 3 aromatic rings. The van der Waals surface area contributed by atoms with Gasteiger partial charge in [0.1, 0.15) is 17.1 Å². The highest BCUT2D eigenvalue weighted by molar-refractivity contribution is 6.30. The number of fused-ring (bicyclic) bond motifs is 1. The molecule has 166 valence electrons. The molecule has 1 aromatic heterocycles. The normalized spacial score (nSPS) is 17.6. The van der Waals surface area contributed by atoms with Crippen LogP contribution in [0.2, 0.25) is 5.02 Å². The van der Waals surface area contributed by atoms with E-state index in [1.54, 1.807) is 24.3 Å². The first-order valence-electron chi connectivity index (χ1n) is 10.7. The zero-order valence-electron chi connectivity index (χ0n) is 17.6. The van der Waals surface area contributed by atoms with Gasteiger partial charge in [-0.1, -0.05) is 23.7 Å². The summed E-state index contributed by atoms with van der Waals surface area (Å²) in [6.07, 6.45) is 1.63. The van der Waals surface area contributed by atoms with Crippen LogP contribution in [0.4, 0.5) is 11.5 Å². The van der Waals surface area contributed by atoms with E-state index in [1.165, 1.54) is 0 Å². The van der Waals surface area contributed by atoms with Crippen molar-refractivity contribution in [1.29, 1.82) is 0 Å². The van der Waals surface area contributed by atoms with E-state index in [4.69, 9.17) is 30.8 Å². The first kappa shape index (κ1) is 21.0. The lowest BCUT2D eigenvalue weighted by atomic mass is 10.0. The second kappa shape index (κ2) is 8.94. The number of aromatic nitrogens is 1. The second-order valence-corrected chi connectivity index (χ2v) is 8.37. The van der Waals surface area contributed by atoms with Crippen molar-refractivity contribution in [1.82, 2.24) is 4.98 Å². The molecule has 7 nitrogen and oxygen atoms in total. The topological polar surface area (TPSA) is 72.9 Å². The smallest absolute Gasteiger partial charge is 0.262 e. The largest absolute Gasteiger partial charge is 0.481 e. The molecular weight excluding hydrogens is 430 g/mol. The summed E-state index contributed by atoms with van der Waals surface area (Å²) in [5, 5.41) is 4.37. The van der Waals surface area contributed by atoms with Gasteiger partial charge in [0.05, 0.1) is 13.2 Å². The highest BCUT2D eigenvalue weighted by Crippen LogP contribution is 2.34. The molecule has 2 aliphatic rings. The Hall–Kier alpha value is -2.87. The van der Waals surface area contributed by atoms with Crippen molar-refractivity contribution in [3.8, 4) is 5.75 Å². The zero-order valence-corrected chi connectivity index (χ0v) is 18.3. The van der Waals surface area contributed by atoms with Crippen molar-refractivity contribution < 1.29 is 19.0 Å². The van der Waals surface area contributed by atoms with Crippen molar-refractivity contribution in [2.45, 2.75) is 18.6 Å². The number of nitrogens with zero attached hydrogens (tertiary/aromatic N) is 2. The number of hydrogen-bond donors (Lipinski definition) is 1. The summed E-state index contributed by atoms with van der Waals surface area (Å²) in [6.45, 7) is 2.84. The summed E-state index contributed by atoms with van der Waals surface area (Å²) >= 11 is 5.89. The number of piperidine rings is 1. The molecule has 0 bridgehead atoms. The molecule has 2 saturated heterocycles. The van der Waals surface area contributed by atoms with Gasteiger partial charge in [0.15, 0.2) is 12.4 Å². The van der Waals surface area contributed by atoms with Gasteiger partial charge in [0.25, 0.3) is 5.91 Å². The standard InChI is InChI=1S/C24H24ClN3O4/c25-18-5-7-19(8-6-18)26-22(29)16-30-20-3-1-2-17-4-9-21(27-23(17)20)28-12-10-24(11-13-28)31-14-15-32-24/h1-9H,10-16H2,(H,26,29). The molecule has 0 radical (unpaired) electrons. The number of rotatable bonds is 5. The molecule has 0 aliphatic carbocycles. The lowest BCUT2D eigenvalue weighted by Gasteiger charge is -2.38. The second-order valence-electron chi connectivity index (χ2n) is 7.94. The average Bonchev–Trinajstić information content (AvgIpc) is 3.27. The summed E-state index contributed by atoms with van der Waals surface area (Å²) < 4.78 is 17.5. The van der Waals surface area contributed by atoms with Crippen molar-refractivity contribution >= 4 is 39.9 Å². The van der Waals surface area contributed by atoms with Crippen molar-refractivity contribution in [2.75, 3.05) is 43.1 Å². The van der Waals surface area contributed by atoms with Crippen molar-refractivity contribution in [3.05, 3.63) is 59.6 Å². The van der Waals surface area contributed by atoms with Gasteiger partial charge >= 0.3 is 0 Å². The van der Waals surface area contributed by atoms with E-state index in [-0.39, 0.29) is 12.5 Å². The maximum Gasteiger partial charge on any atom is 0.262 e. The molecule has 1 spiro atoms. The minimum absolute atomic E-state index is 0.117. The maximum absolute atomic E-state index is 12.3. The van der Waals surface area contributed by atoms with Gasteiger partial charge in [-0.2, -0.15) is 0 Å². The van der Waals surface area contributed by atoms with E-state index in [0.717, 1.165) is 42.7 Å². The minimum atomic E-state index is -0.418. The molecule has 8 heteroatoms. The van der Waals surface area contributed by atoms with Crippen LogP contribution in [-0.2, 0) is 14.3 Å². The van der Waals surface area contributed by atoms with Crippen LogP contribution in [-0.4, -0.2) is 49.6 Å². The minimum Gasteiger partial charge on any atom is -0.481 e. The molecule has 2 aromatic carbocycles.